The summed E-state index contributed by atoms with van der Waals surface area (Å²) in [5.74, 6) is 0.666. The molecule has 2 N–H and O–H groups in total. The second kappa shape index (κ2) is 22.4. The summed E-state index contributed by atoms with van der Waals surface area (Å²) < 4.78 is 5.57. The van der Waals surface area contributed by atoms with Crippen molar-refractivity contribution in [2.45, 2.75) is 0 Å². The van der Waals surface area contributed by atoms with Crippen LogP contribution in [0.2, 0.25) is 5.15 Å². The molecule has 0 unspecified atom stereocenters. The van der Waals surface area contributed by atoms with Gasteiger partial charge >= 0.3 is 0 Å². The van der Waals surface area contributed by atoms with E-state index < -0.39 is 0 Å². The van der Waals surface area contributed by atoms with Gasteiger partial charge in [-0.2, -0.15) is 10.2 Å². The number of H-pyrrole nitrogens is 2. The van der Waals surface area contributed by atoms with E-state index in [0.717, 1.165) is 34.2 Å². The summed E-state index contributed by atoms with van der Waals surface area (Å²) in [5.41, 5.74) is 6.78. The molecule has 0 saturated carbocycles. The summed E-state index contributed by atoms with van der Waals surface area (Å²) in [6.45, 7) is 0. The van der Waals surface area contributed by atoms with E-state index >= 15 is 0 Å². The van der Waals surface area contributed by atoms with Crippen LogP contribution in [0.3, 0.4) is 0 Å². The molecule has 19 heteroatoms. The molecule has 10 aromatic rings. The molecule has 0 atom stereocenters. The Morgan fingerprint density at radius 3 is 0.922 bits per heavy atom. The highest BCUT2D eigenvalue weighted by atomic mass is 35.5. The van der Waals surface area contributed by atoms with Crippen LogP contribution in [0.1, 0.15) is 0 Å². The van der Waals surface area contributed by atoms with Crippen molar-refractivity contribution in [3.8, 4) is 68.7 Å². The minimum absolute atomic E-state index is 0.209. The van der Waals surface area contributed by atoms with Gasteiger partial charge in [-0.05, 0) is 97.1 Å². The van der Waals surface area contributed by atoms with Crippen molar-refractivity contribution >= 4 is 11.6 Å². The largest absolute Gasteiger partial charge is 0.417 e. The third-order valence-electron chi connectivity index (χ3n) is 8.12. The first-order chi connectivity index (χ1) is 31.5. The van der Waals surface area contributed by atoms with Crippen molar-refractivity contribution in [2.75, 3.05) is 0 Å². The number of rotatable bonds is 7. The van der Waals surface area contributed by atoms with E-state index in [0.29, 0.717) is 39.7 Å². The minimum Gasteiger partial charge on any atom is -0.417 e. The van der Waals surface area contributed by atoms with Gasteiger partial charge in [-0.3, -0.25) is 34.5 Å². The Kier molecular flexibility index (Phi) is 15.1. The highest BCUT2D eigenvalue weighted by Gasteiger charge is 2.07. The first-order valence-electron chi connectivity index (χ1n) is 19.0. The molecule has 10 heterocycles. The first-order valence-corrected chi connectivity index (χ1v) is 19.4. The maximum Gasteiger partial charge on any atom is 0.264 e. The van der Waals surface area contributed by atoms with Gasteiger partial charge in [-0.25, -0.2) is 10.2 Å². The molecule has 0 aliphatic carbocycles. The minimum atomic E-state index is -0.209. The van der Waals surface area contributed by atoms with E-state index in [-0.39, 0.29) is 11.1 Å². The van der Waals surface area contributed by atoms with Crippen LogP contribution in [0.4, 0.5) is 0 Å². The Bertz CT molecular complexity index is 2840. The Labute approximate surface area is 368 Å². The molecule has 64 heavy (non-hydrogen) atoms. The zero-order chi connectivity index (χ0) is 44.2. The van der Waals surface area contributed by atoms with E-state index in [9.17, 15) is 9.59 Å². The molecule has 10 rings (SSSR count). The average Bonchev–Trinajstić information content (AvgIpc) is 3.37. The van der Waals surface area contributed by atoms with Crippen LogP contribution in [-0.2, 0) is 0 Å². The van der Waals surface area contributed by atoms with Crippen molar-refractivity contribution in [2.24, 2.45) is 0 Å². The number of aromatic amines is 2. The molecule has 0 saturated heterocycles. The van der Waals surface area contributed by atoms with Crippen LogP contribution in [0, 0.1) is 0 Å². The number of ether oxygens (including phenoxy) is 1. The van der Waals surface area contributed by atoms with E-state index in [2.05, 4.69) is 75.9 Å². The Hall–Kier alpha value is -9.16. The van der Waals surface area contributed by atoms with Gasteiger partial charge in [0.2, 0.25) is 11.8 Å². The molecule has 18 nitrogen and oxygen atoms in total. The van der Waals surface area contributed by atoms with Gasteiger partial charge in [0, 0.05) is 55.2 Å². The summed E-state index contributed by atoms with van der Waals surface area (Å²) >= 11 is 5.61. The lowest BCUT2D eigenvalue weighted by molar-refractivity contribution is 0.431. The van der Waals surface area contributed by atoms with Crippen LogP contribution < -0.4 is 15.9 Å². The maximum atomic E-state index is 10.7. The predicted molar refractivity (Wildman–Crippen MR) is 237 cm³/mol. The number of pyridine rings is 5. The number of hydrogen-bond donors (Lipinski definition) is 2. The summed E-state index contributed by atoms with van der Waals surface area (Å²) in [4.78, 5) is 42.2. The quantitative estimate of drug-likeness (QED) is 0.163. The molecule has 0 aromatic carbocycles. The molecule has 0 aliphatic rings. The zero-order valence-electron chi connectivity index (χ0n) is 33.2. The third-order valence-corrected chi connectivity index (χ3v) is 8.32. The maximum absolute atomic E-state index is 10.7. The monoisotopic (exact) mass is 865 g/mol. The molecule has 0 radical (unpaired) electrons. The van der Waals surface area contributed by atoms with Gasteiger partial charge in [-0.1, -0.05) is 41.9 Å². The molecule has 312 valence electrons. The first kappa shape index (κ1) is 42.9. The highest BCUT2D eigenvalue weighted by molar-refractivity contribution is 6.29. The van der Waals surface area contributed by atoms with Crippen molar-refractivity contribution in [3.63, 3.8) is 0 Å². The van der Waals surface area contributed by atoms with Gasteiger partial charge in [0.25, 0.3) is 11.1 Å². The predicted octanol–water partition coefficient (Wildman–Crippen LogP) is 7.04. The van der Waals surface area contributed by atoms with Crippen molar-refractivity contribution < 1.29 is 4.74 Å². The van der Waals surface area contributed by atoms with Gasteiger partial charge in [0.05, 0.1) is 28.5 Å². The molecule has 0 bridgehead atoms. The zero-order valence-corrected chi connectivity index (χ0v) is 34.0. The fraction of sp³-hybridized carbons (Fsp3) is 0. The lowest BCUT2D eigenvalue weighted by Crippen LogP contribution is -2.05. The van der Waals surface area contributed by atoms with Crippen LogP contribution in [-0.4, -0.2) is 75.9 Å². The lowest BCUT2D eigenvalue weighted by Gasteiger charge is -2.04. The van der Waals surface area contributed by atoms with Crippen LogP contribution in [0.25, 0.3) is 56.9 Å². The highest BCUT2D eigenvalue weighted by Crippen LogP contribution is 2.21. The number of halogens is 1. The van der Waals surface area contributed by atoms with Gasteiger partial charge < -0.3 is 4.74 Å². The summed E-state index contributed by atoms with van der Waals surface area (Å²) in [6.07, 6.45) is 8.50. The fourth-order valence-corrected chi connectivity index (χ4v) is 5.23. The Balaban J connectivity index is 0.000000135. The fourth-order valence-electron chi connectivity index (χ4n) is 5.13. The molecule has 0 aliphatic heterocycles. The topological polar surface area (TPSA) is 243 Å². The Morgan fingerprint density at radius 1 is 0.328 bits per heavy atom. The van der Waals surface area contributed by atoms with E-state index in [4.69, 9.17) is 16.3 Å². The molecular formula is C45H32ClN15O3. The van der Waals surface area contributed by atoms with E-state index in [1.54, 1.807) is 79.5 Å². The molecule has 0 fully saturated rings. The van der Waals surface area contributed by atoms with Gasteiger partial charge in [-0.15, -0.1) is 30.6 Å². The molecular weight excluding hydrogens is 834 g/mol. The van der Waals surface area contributed by atoms with E-state index in [1.807, 2.05) is 91.0 Å². The standard InChI is InChI=1S/C18H12N6O.C9H6ClN3.2C9H7N3O/c1-3-11-19-13(5-1)15-7-9-17(23-21-15)25-18-10-8-16(22-24-18)14-6-2-4-12-20-14;10-9-5-4-8(12-13-9)7-3-1-2-6-11-7;2*13-9-5-4-8(11-12-9)7-3-1-2-6-10-7/h1-12H;1-6H;2*1-6H,(H,12,13). The van der Waals surface area contributed by atoms with Crippen LogP contribution >= 0.6 is 11.6 Å². The third kappa shape index (κ3) is 12.9. The van der Waals surface area contributed by atoms with Crippen LogP contribution in [0.15, 0.2) is 192 Å². The number of hydrogen-bond acceptors (Lipinski definition) is 16. The average molecular weight is 866 g/mol. The smallest absolute Gasteiger partial charge is 0.264 e. The van der Waals surface area contributed by atoms with E-state index in [1.165, 1.54) is 12.1 Å². The molecule has 0 amide bonds. The number of nitrogens with one attached hydrogen (secondary N) is 2. The second-order valence-electron chi connectivity index (χ2n) is 12.5. The van der Waals surface area contributed by atoms with Gasteiger partial charge in [0.1, 0.15) is 28.5 Å². The van der Waals surface area contributed by atoms with Crippen LogP contribution in [0.5, 0.6) is 11.8 Å². The van der Waals surface area contributed by atoms with Crippen molar-refractivity contribution in [1.82, 2.24) is 75.9 Å². The summed E-state index contributed by atoms with van der Waals surface area (Å²) in [5, 5.41) is 36.7. The van der Waals surface area contributed by atoms with Crippen molar-refractivity contribution in [3.05, 3.63) is 209 Å². The normalized spacial score (nSPS) is 10.1. The number of nitrogens with zero attached hydrogens (tertiary/aromatic N) is 13. The Morgan fingerprint density at radius 2 is 0.656 bits per heavy atom. The van der Waals surface area contributed by atoms with Gasteiger partial charge in [0.15, 0.2) is 5.15 Å². The number of aromatic nitrogens is 15. The lowest BCUT2D eigenvalue weighted by atomic mass is 10.2. The molecule has 10 aromatic heterocycles. The molecule has 0 spiro atoms. The summed E-state index contributed by atoms with van der Waals surface area (Å²) in [6, 6.07) is 44.5. The second-order valence-corrected chi connectivity index (χ2v) is 12.9. The van der Waals surface area contributed by atoms with Crippen molar-refractivity contribution in [1.29, 1.82) is 0 Å². The SMILES string of the molecule is Clc1ccc(-c2ccccn2)nn1.O=c1ccc(-c2ccccn2)n[nH]1.O=c1ccc(-c2ccccn2)n[nH]1.c1ccc(-c2ccc(Oc3ccc(-c4ccccn4)nn3)nn2)nc1. The summed E-state index contributed by atoms with van der Waals surface area (Å²) in [7, 11) is 0.